The van der Waals surface area contributed by atoms with Gasteiger partial charge in [-0.05, 0) is 57.8 Å². The van der Waals surface area contributed by atoms with Gasteiger partial charge in [0.15, 0.2) is 6.04 Å². The van der Waals surface area contributed by atoms with Crippen LogP contribution in [-0.4, -0.2) is 23.5 Å². The van der Waals surface area contributed by atoms with Crippen molar-refractivity contribution < 1.29 is 10.1 Å². The van der Waals surface area contributed by atoms with Gasteiger partial charge in [0, 0.05) is 25.3 Å². The molecule has 4 bridgehead atoms. The van der Waals surface area contributed by atoms with Crippen molar-refractivity contribution >= 4 is 5.91 Å². The normalized spacial score (nSPS) is 41.6. The number of nitrogens with two attached hydrogens (primary N) is 1. The molecule has 0 spiro atoms. The molecule has 0 aromatic rings. The summed E-state index contributed by atoms with van der Waals surface area (Å²) in [6.07, 6.45) is 8.49. The van der Waals surface area contributed by atoms with E-state index in [1.165, 1.54) is 38.5 Å². The summed E-state index contributed by atoms with van der Waals surface area (Å²) in [7, 11) is 0. The maximum atomic E-state index is 12.1. The topological polar surface area (TPSA) is 45.7 Å². The molecule has 0 aromatic carbocycles. The maximum absolute atomic E-state index is 12.1. The largest absolute Gasteiger partial charge is 0.349 e. The summed E-state index contributed by atoms with van der Waals surface area (Å²) in [6, 6.07) is 0.318. The molecule has 4 fully saturated rings. The average Bonchev–Trinajstić information content (AvgIpc) is 2.24. The molecule has 0 aromatic heterocycles. The summed E-state index contributed by atoms with van der Waals surface area (Å²) in [4.78, 5) is 12.1. The van der Waals surface area contributed by atoms with Gasteiger partial charge >= 0.3 is 0 Å². The molecule has 19 heavy (non-hydrogen) atoms. The van der Waals surface area contributed by atoms with Crippen LogP contribution in [0, 0.1) is 17.8 Å². The van der Waals surface area contributed by atoms with Gasteiger partial charge in [0.2, 0.25) is 0 Å². The number of hydrogen-bond acceptors (Lipinski definition) is 1. The number of rotatable bonds is 4. The SMILES string of the molecule is CC(C)NC(=O)[C@H](C)[NH2+]C12CC3CC(CC(C3)C1)C2. The van der Waals surface area contributed by atoms with Crippen molar-refractivity contribution in [3.05, 3.63) is 0 Å². The lowest BCUT2D eigenvalue weighted by atomic mass is 9.53. The van der Waals surface area contributed by atoms with Crippen molar-refractivity contribution in [3.8, 4) is 0 Å². The quantitative estimate of drug-likeness (QED) is 0.793. The average molecular weight is 265 g/mol. The van der Waals surface area contributed by atoms with Crippen molar-refractivity contribution in [2.45, 2.75) is 76.9 Å². The summed E-state index contributed by atoms with van der Waals surface area (Å²) >= 11 is 0. The minimum absolute atomic E-state index is 0.0682. The summed E-state index contributed by atoms with van der Waals surface area (Å²) in [5.74, 6) is 3.10. The molecular weight excluding hydrogens is 236 g/mol. The van der Waals surface area contributed by atoms with Gasteiger partial charge in [-0.25, -0.2) is 0 Å². The molecule has 4 rings (SSSR count). The Hall–Kier alpha value is -0.570. The molecular formula is C16H29N2O+. The van der Waals surface area contributed by atoms with Gasteiger partial charge in [-0.2, -0.15) is 0 Å². The predicted molar refractivity (Wildman–Crippen MR) is 75.6 cm³/mol. The number of carbonyl (C=O) groups is 1. The van der Waals surface area contributed by atoms with E-state index >= 15 is 0 Å². The Kier molecular flexibility index (Phi) is 3.36. The molecule has 4 aliphatic rings. The third-order valence-corrected chi connectivity index (χ3v) is 5.53. The summed E-state index contributed by atoms with van der Waals surface area (Å²) in [5.41, 5.74) is 0.405. The Labute approximate surface area is 116 Å². The van der Waals surface area contributed by atoms with E-state index < -0.39 is 0 Å². The lowest BCUT2D eigenvalue weighted by Gasteiger charge is -2.55. The van der Waals surface area contributed by atoms with E-state index in [1.54, 1.807) is 0 Å². The highest BCUT2D eigenvalue weighted by molar-refractivity contribution is 5.80. The molecule has 0 aliphatic heterocycles. The minimum atomic E-state index is 0.0682. The zero-order valence-electron chi connectivity index (χ0n) is 12.6. The van der Waals surface area contributed by atoms with Crippen molar-refractivity contribution in [1.82, 2.24) is 5.32 Å². The van der Waals surface area contributed by atoms with Gasteiger partial charge in [-0.3, -0.25) is 4.79 Å². The molecule has 1 atom stereocenters. The molecule has 0 saturated heterocycles. The van der Waals surface area contributed by atoms with Crippen LogP contribution in [0.5, 0.6) is 0 Å². The third kappa shape index (κ3) is 2.67. The molecule has 3 N–H and O–H groups in total. The first-order valence-electron chi connectivity index (χ1n) is 8.12. The van der Waals surface area contributed by atoms with E-state index in [4.69, 9.17) is 0 Å². The number of hydrogen-bond donors (Lipinski definition) is 2. The summed E-state index contributed by atoms with van der Waals surface area (Å²) < 4.78 is 0. The number of amides is 1. The van der Waals surface area contributed by atoms with E-state index in [-0.39, 0.29) is 18.0 Å². The Bertz CT molecular complexity index is 328. The fourth-order valence-corrected chi connectivity index (χ4v) is 5.40. The second-order valence-electron chi connectivity index (χ2n) is 7.90. The summed E-state index contributed by atoms with van der Waals surface area (Å²) in [6.45, 7) is 6.15. The molecule has 0 unspecified atom stereocenters. The lowest BCUT2D eigenvalue weighted by molar-refractivity contribution is -0.754. The molecule has 0 heterocycles. The van der Waals surface area contributed by atoms with Crippen LogP contribution >= 0.6 is 0 Å². The van der Waals surface area contributed by atoms with Crippen LogP contribution in [0.4, 0.5) is 0 Å². The standard InChI is InChI=1S/C16H28N2O/c1-10(2)17-15(19)11(3)18-16-7-12-4-13(8-16)6-14(5-12)9-16/h10-14,18H,4-9H2,1-3H3,(H,17,19)/p+1/t11-,12?,13?,14?,16?/m0/s1. The van der Waals surface area contributed by atoms with Crippen LogP contribution in [0.1, 0.15) is 59.3 Å². The van der Waals surface area contributed by atoms with Gasteiger partial charge in [0.1, 0.15) is 0 Å². The van der Waals surface area contributed by atoms with E-state index in [9.17, 15) is 4.79 Å². The first-order valence-corrected chi connectivity index (χ1v) is 8.12. The molecule has 4 aliphatic carbocycles. The van der Waals surface area contributed by atoms with Crippen LogP contribution in [0.25, 0.3) is 0 Å². The number of quaternary nitrogens is 1. The molecule has 3 heteroatoms. The van der Waals surface area contributed by atoms with Gasteiger partial charge < -0.3 is 10.6 Å². The Morgan fingerprint density at radius 2 is 1.53 bits per heavy atom. The van der Waals surface area contributed by atoms with Gasteiger partial charge in [-0.1, -0.05) is 0 Å². The van der Waals surface area contributed by atoms with E-state index in [2.05, 4.69) is 17.6 Å². The van der Waals surface area contributed by atoms with E-state index in [0.29, 0.717) is 5.54 Å². The predicted octanol–water partition coefficient (Wildman–Crippen LogP) is 1.43. The minimum Gasteiger partial charge on any atom is -0.349 e. The summed E-state index contributed by atoms with van der Waals surface area (Å²) in [5, 5.41) is 5.48. The van der Waals surface area contributed by atoms with Crippen LogP contribution in [-0.2, 0) is 4.79 Å². The number of nitrogens with one attached hydrogen (secondary N) is 1. The highest BCUT2D eigenvalue weighted by atomic mass is 16.2. The van der Waals surface area contributed by atoms with Crippen LogP contribution in [0.15, 0.2) is 0 Å². The molecule has 4 saturated carbocycles. The van der Waals surface area contributed by atoms with Gasteiger partial charge in [-0.15, -0.1) is 0 Å². The van der Waals surface area contributed by atoms with E-state index in [0.717, 1.165) is 17.8 Å². The van der Waals surface area contributed by atoms with Gasteiger partial charge in [0.25, 0.3) is 5.91 Å². The van der Waals surface area contributed by atoms with Crippen molar-refractivity contribution in [2.75, 3.05) is 0 Å². The molecule has 108 valence electrons. The Balaban J connectivity index is 1.64. The van der Waals surface area contributed by atoms with Crippen molar-refractivity contribution in [2.24, 2.45) is 17.8 Å². The smallest absolute Gasteiger partial charge is 0.278 e. The Morgan fingerprint density at radius 3 is 1.95 bits per heavy atom. The maximum Gasteiger partial charge on any atom is 0.278 e. The first-order chi connectivity index (χ1) is 8.96. The first kappa shape index (κ1) is 13.4. The van der Waals surface area contributed by atoms with Crippen LogP contribution in [0.2, 0.25) is 0 Å². The zero-order chi connectivity index (χ0) is 13.6. The van der Waals surface area contributed by atoms with Crippen molar-refractivity contribution in [3.63, 3.8) is 0 Å². The van der Waals surface area contributed by atoms with Crippen LogP contribution < -0.4 is 10.6 Å². The van der Waals surface area contributed by atoms with E-state index in [1.807, 2.05) is 13.8 Å². The molecule has 1 amide bonds. The second kappa shape index (κ2) is 4.76. The fourth-order valence-electron chi connectivity index (χ4n) is 5.40. The van der Waals surface area contributed by atoms with Gasteiger partial charge in [0.05, 0.1) is 5.54 Å². The Morgan fingerprint density at radius 1 is 1.05 bits per heavy atom. The lowest BCUT2D eigenvalue weighted by Crippen LogP contribution is -3.04. The zero-order valence-corrected chi connectivity index (χ0v) is 12.6. The fraction of sp³-hybridized carbons (Fsp3) is 0.938. The van der Waals surface area contributed by atoms with Crippen molar-refractivity contribution in [1.29, 1.82) is 0 Å². The third-order valence-electron chi connectivity index (χ3n) is 5.53. The number of carbonyl (C=O) groups excluding carboxylic acids is 1. The van der Waals surface area contributed by atoms with Crippen LogP contribution in [0.3, 0.4) is 0 Å². The molecule has 0 radical (unpaired) electrons. The highest BCUT2D eigenvalue weighted by Crippen LogP contribution is 2.54. The highest BCUT2D eigenvalue weighted by Gasteiger charge is 2.54. The monoisotopic (exact) mass is 265 g/mol. The molecule has 3 nitrogen and oxygen atoms in total. The second-order valence-corrected chi connectivity index (χ2v) is 7.90.